The van der Waals surface area contributed by atoms with Gasteiger partial charge in [0.25, 0.3) is 0 Å². The summed E-state index contributed by atoms with van der Waals surface area (Å²) in [7, 11) is -5.26. The van der Waals surface area contributed by atoms with E-state index in [-0.39, 0.29) is 19.5 Å². The smallest absolute Gasteiger partial charge is 0.326 e. The van der Waals surface area contributed by atoms with Crippen LogP contribution in [0.3, 0.4) is 0 Å². The molecule has 0 unspecified atom stereocenters. The number of halogens is 3. The zero-order valence-corrected chi connectivity index (χ0v) is 16.1. The van der Waals surface area contributed by atoms with Crippen molar-refractivity contribution in [2.75, 3.05) is 0 Å². The van der Waals surface area contributed by atoms with E-state index in [1.54, 1.807) is 4.72 Å². The summed E-state index contributed by atoms with van der Waals surface area (Å²) in [6.07, 6.45) is 2.42. The predicted molar refractivity (Wildman–Crippen MR) is 84.3 cm³/mol. The number of hydrogen-bond donors (Lipinski definition) is 2. The SMILES string of the molecule is Cc1cccc(C)c1.N[C@@H]1CCCC[C@H]1NS(=O)(=O)C(F)(F)F.[Ru]. The van der Waals surface area contributed by atoms with E-state index in [0.29, 0.717) is 19.3 Å². The molecule has 4 nitrogen and oxygen atoms in total. The van der Waals surface area contributed by atoms with Crippen molar-refractivity contribution >= 4 is 10.0 Å². The number of rotatable bonds is 2. The fourth-order valence-corrected chi connectivity index (χ4v) is 3.20. The van der Waals surface area contributed by atoms with Gasteiger partial charge in [-0.3, -0.25) is 0 Å². The van der Waals surface area contributed by atoms with Crippen molar-refractivity contribution in [1.29, 1.82) is 0 Å². The van der Waals surface area contributed by atoms with Crippen LogP contribution in [0.2, 0.25) is 0 Å². The van der Waals surface area contributed by atoms with Gasteiger partial charge in [0, 0.05) is 31.6 Å². The fraction of sp³-hybridized carbons (Fsp3) is 0.600. The molecule has 0 aromatic heterocycles. The Morgan fingerprint density at radius 1 is 1.12 bits per heavy atom. The van der Waals surface area contributed by atoms with Gasteiger partial charge in [0.05, 0.1) is 0 Å². The van der Waals surface area contributed by atoms with Gasteiger partial charge >= 0.3 is 15.5 Å². The Balaban J connectivity index is 0.000000498. The normalized spacial score (nSPS) is 21.2. The Labute approximate surface area is 154 Å². The zero-order chi connectivity index (χ0) is 17.7. The molecule has 1 saturated carbocycles. The van der Waals surface area contributed by atoms with Crippen LogP contribution in [-0.4, -0.2) is 26.0 Å². The van der Waals surface area contributed by atoms with Gasteiger partial charge in [-0.25, -0.2) is 13.1 Å². The Bertz CT molecular complexity index is 592. The molecule has 0 bridgehead atoms. The molecular weight excluding hydrogens is 430 g/mol. The first-order chi connectivity index (χ1) is 10.5. The van der Waals surface area contributed by atoms with E-state index in [1.165, 1.54) is 11.1 Å². The van der Waals surface area contributed by atoms with Gasteiger partial charge in [-0.05, 0) is 26.7 Å². The van der Waals surface area contributed by atoms with Crippen LogP contribution in [0.25, 0.3) is 0 Å². The predicted octanol–water partition coefficient (Wildman–Crippen LogP) is 3.00. The summed E-state index contributed by atoms with van der Waals surface area (Å²) in [5.74, 6) is 0. The Hall–Kier alpha value is -0.497. The number of aryl methyl sites for hydroxylation is 2. The molecule has 0 saturated heterocycles. The van der Waals surface area contributed by atoms with Crippen LogP contribution in [0.1, 0.15) is 36.8 Å². The van der Waals surface area contributed by atoms with E-state index in [2.05, 4.69) is 38.1 Å². The maximum atomic E-state index is 12.0. The number of sulfonamides is 1. The van der Waals surface area contributed by atoms with Gasteiger partial charge in [-0.15, -0.1) is 0 Å². The quantitative estimate of drug-likeness (QED) is 0.677. The second-order valence-electron chi connectivity index (χ2n) is 5.78. The van der Waals surface area contributed by atoms with Crippen molar-refractivity contribution in [3.63, 3.8) is 0 Å². The molecule has 2 rings (SSSR count). The van der Waals surface area contributed by atoms with Crippen LogP contribution in [0.4, 0.5) is 13.2 Å². The van der Waals surface area contributed by atoms with E-state index < -0.39 is 27.6 Å². The molecule has 9 heteroatoms. The van der Waals surface area contributed by atoms with Crippen molar-refractivity contribution < 1.29 is 41.1 Å². The average Bonchev–Trinajstić information content (AvgIpc) is 2.40. The molecule has 24 heavy (non-hydrogen) atoms. The largest absolute Gasteiger partial charge is 0.511 e. The van der Waals surface area contributed by atoms with Gasteiger partial charge in [0.2, 0.25) is 0 Å². The molecule has 1 aliphatic carbocycles. The van der Waals surface area contributed by atoms with Crippen LogP contribution < -0.4 is 10.5 Å². The summed E-state index contributed by atoms with van der Waals surface area (Å²) in [6.45, 7) is 4.21. The number of alkyl halides is 3. The topological polar surface area (TPSA) is 72.2 Å². The molecule has 0 amide bonds. The van der Waals surface area contributed by atoms with Gasteiger partial charge in [0.15, 0.2) is 0 Å². The summed E-state index contributed by atoms with van der Waals surface area (Å²) < 4.78 is 59.2. The van der Waals surface area contributed by atoms with Crippen LogP contribution in [0.15, 0.2) is 24.3 Å². The molecule has 1 aliphatic rings. The van der Waals surface area contributed by atoms with E-state index in [4.69, 9.17) is 5.73 Å². The molecule has 0 spiro atoms. The maximum absolute atomic E-state index is 12.0. The molecule has 1 aromatic carbocycles. The average molecular weight is 453 g/mol. The van der Waals surface area contributed by atoms with E-state index >= 15 is 0 Å². The summed E-state index contributed by atoms with van der Waals surface area (Å²) in [5, 5.41) is 0. The first kappa shape index (κ1) is 23.5. The van der Waals surface area contributed by atoms with E-state index in [9.17, 15) is 21.6 Å². The standard InChI is InChI=1S/C8H10.C7H13F3N2O2S.Ru/c1-7-4-3-5-8(2)6-7;8-7(9,10)15(13,14)12-6-4-2-1-3-5(6)11;/h3-6H,1-2H3;5-6,12H,1-4,11H2;/t;5-,6-;/m.1./s1. The van der Waals surface area contributed by atoms with Crippen molar-refractivity contribution in [2.24, 2.45) is 5.73 Å². The maximum Gasteiger partial charge on any atom is 0.511 e. The van der Waals surface area contributed by atoms with Crippen LogP contribution in [-0.2, 0) is 29.5 Å². The third-order valence-electron chi connectivity index (χ3n) is 3.60. The van der Waals surface area contributed by atoms with Crippen molar-refractivity contribution in [3.05, 3.63) is 35.4 Å². The second kappa shape index (κ2) is 9.85. The van der Waals surface area contributed by atoms with E-state index in [0.717, 1.165) is 6.42 Å². The van der Waals surface area contributed by atoms with Gasteiger partial charge in [0.1, 0.15) is 0 Å². The summed E-state index contributed by atoms with van der Waals surface area (Å²) >= 11 is 0. The first-order valence-electron chi connectivity index (χ1n) is 7.40. The number of hydrogen-bond acceptors (Lipinski definition) is 3. The fourth-order valence-electron chi connectivity index (χ4n) is 2.38. The number of nitrogens with one attached hydrogen (secondary N) is 1. The minimum atomic E-state index is -5.26. The molecule has 3 N–H and O–H groups in total. The van der Waals surface area contributed by atoms with Crippen LogP contribution in [0.5, 0.6) is 0 Å². The van der Waals surface area contributed by atoms with Crippen molar-refractivity contribution in [3.8, 4) is 0 Å². The molecule has 0 heterocycles. The summed E-state index contributed by atoms with van der Waals surface area (Å²) in [6, 6.07) is 7.12. The minimum absolute atomic E-state index is 0. The third kappa shape index (κ3) is 7.59. The summed E-state index contributed by atoms with van der Waals surface area (Å²) in [4.78, 5) is 0. The number of benzene rings is 1. The van der Waals surface area contributed by atoms with Gasteiger partial charge < -0.3 is 5.73 Å². The monoisotopic (exact) mass is 454 g/mol. The van der Waals surface area contributed by atoms with Gasteiger partial charge in [-0.2, -0.15) is 13.2 Å². The molecule has 140 valence electrons. The Morgan fingerprint density at radius 2 is 1.62 bits per heavy atom. The number of nitrogens with two attached hydrogens (primary N) is 1. The minimum Gasteiger partial charge on any atom is -0.326 e. The Kier molecular flexibility index (Phi) is 9.65. The zero-order valence-electron chi connectivity index (χ0n) is 13.6. The van der Waals surface area contributed by atoms with Crippen LogP contribution in [0, 0.1) is 13.8 Å². The Morgan fingerprint density at radius 3 is 2.00 bits per heavy atom. The summed E-state index contributed by atoms with van der Waals surface area (Å²) in [5.41, 5.74) is 2.95. The first-order valence-corrected chi connectivity index (χ1v) is 8.88. The van der Waals surface area contributed by atoms with Gasteiger partial charge in [-0.1, -0.05) is 48.2 Å². The molecule has 0 radical (unpaired) electrons. The molecule has 2 atom stereocenters. The molecule has 1 fully saturated rings. The van der Waals surface area contributed by atoms with E-state index in [1.807, 2.05) is 0 Å². The molecule has 1 aromatic rings. The van der Waals surface area contributed by atoms with Crippen molar-refractivity contribution in [2.45, 2.75) is 57.1 Å². The van der Waals surface area contributed by atoms with Crippen LogP contribution >= 0.6 is 0 Å². The molecule has 0 aliphatic heterocycles. The molecular formula is C15H23F3N2O2RuS. The third-order valence-corrected chi connectivity index (χ3v) is 4.83. The second-order valence-corrected chi connectivity index (χ2v) is 7.49. The van der Waals surface area contributed by atoms with Crippen molar-refractivity contribution in [1.82, 2.24) is 4.72 Å².